The van der Waals surface area contributed by atoms with E-state index in [1.807, 2.05) is 13.0 Å². The van der Waals surface area contributed by atoms with Crippen LogP contribution in [0.3, 0.4) is 0 Å². The Morgan fingerprint density at radius 1 is 1.24 bits per heavy atom. The highest BCUT2D eigenvalue weighted by Gasteiger charge is 2.69. The van der Waals surface area contributed by atoms with Gasteiger partial charge >= 0.3 is 5.97 Å². The van der Waals surface area contributed by atoms with Crippen molar-refractivity contribution in [1.29, 1.82) is 0 Å². The highest BCUT2D eigenvalue weighted by atomic mass is 35.5. The summed E-state index contributed by atoms with van der Waals surface area (Å²) < 4.78 is 5.72. The molecule has 0 bridgehead atoms. The lowest BCUT2D eigenvalue weighted by Gasteiger charge is -2.59. The summed E-state index contributed by atoms with van der Waals surface area (Å²) in [6.07, 6.45) is 5.62. The largest absolute Gasteiger partial charge is 0.451 e. The van der Waals surface area contributed by atoms with Crippen molar-refractivity contribution in [3.8, 4) is 0 Å². The normalized spacial score (nSPS) is 46.1. The van der Waals surface area contributed by atoms with Crippen molar-refractivity contribution in [2.24, 2.45) is 28.6 Å². The zero-order valence-corrected chi connectivity index (χ0v) is 18.2. The van der Waals surface area contributed by atoms with Gasteiger partial charge in [0.25, 0.3) is 0 Å². The molecule has 158 valence electrons. The number of Topliss-reactive ketones (excluding diaryl/α,β-unsaturated/α-hetero) is 1. The van der Waals surface area contributed by atoms with Crippen LogP contribution in [0.1, 0.15) is 59.8 Å². The minimum atomic E-state index is -1.21. The summed E-state index contributed by atoms with van der Waals surface area (Å²) in [6, 6.07) is 0. The van der Waals surface area contributed by atoms with Crippen LogP contribution in [-0.2, 0) is 19.1 Å². The molecule has 2 saturated carbocycles. The number of rotatable bonds is 2. The Kier molecular flexibility index (Phi) is 4.67. The van der Waals surface area contributed by atoms with Crippen LogP contribution >= 0.6 is 11.6 Å². The molecular weight excluding hydrogens is 392 g/mol. The maximum Gasteiger partial charge on any atom is 0.303 e. The molecule has 1 unspecified atom stereocenters. The number of ether oxygens (including phenoxy) is 1. The van der Waals surface area contributed by atoms with E-state index >= 15 is 0 Å². The van der Waals surface area contributed by atoms with Crippen molar-refractivity contribution in [1.82, 2.24) is 0 Å². The smallest absolute Gasteiger partial charge is 0.303 e. The number of ketones is 2. The molecule has 4 aliphatic rings. The number of esters is 1. The summed E-state index contributed by atoms with van der Waals surface area (Å²) in [4.78, 5) is 36.7. The van der Waals surface area contributed by atoms with Crippen LogP contribution in [0.25, 0.3) is 0 Å². The minimum Gasteiger partial charge on any atom is -0.451 e. The molecule has 29 heavy (non-hydrogen) atoms. The molecule has 5 nitrogen and oxygen atoms in total. The van der Waals surface area contributed by atoms with E-state index < -0.39 is 23.1 Å². The molecule has 0 radical (unpaired) electrons. The van der Waals surface area contributed by atoms with Gasteiger partial charge in [-0.2, -0.15) is 0 Å². The first-order valence-electron chi connectivity index (χ1n) is 10.5. The van der Waals surface area contributed by atoms with E-state index in [2.05, 4.69) is 6.92 Å². The fraction of sp³-hybridized carbons (Fsp3) is 0.696. The number of halogens is 1. The summed E-state index contributed by atoms with van der Waals surface area (Å²) in [7, 11) is 0. The first-order valence-corrected chi connectivity index (χ1v) is 10.9. The number of hydrogen-bond donors (Lipinski definition) is 1. The van der Waals surface area contributed by atoms with E-state index in [9.17, 15) is 19.5 Å². The van der Waals surface area contributed by atoms with Crippen molar-refractivity contribution < 1.29 is 24.2 Å². The van der Waals surface area contributed by atoms with Crippen LogP contribution in [-0.4, -0.2) is 34.3 Å². The fourth-order valence-electron chi connectivity index (χ4n) is 7.26. The zero-order valence-electron chi connectivity index (χ0n) is 17.5. The van der Waals surface area contributed by atoms with Gasteiger partial charge in [0.2, 0.25) is 0 Å². The van der Waals surface area contributed by atoms with E-state index in [1.54, 1.807) is 6.08 Å². The van der Waals surface area contributed by atoms with Gasteiger partial charge in [0.05, 0.1) is 6.10 Å². The molecule has 0 aromatic heterocycles. The Bertz CT molecular complexity index is 859. The minimum absolute atomic E-state index is 0.0385. The number of allylic oxidation sites excluding steroid dienone is 4. The lowest BCUT2D eigenvalue weighted by atomic mass is 9.47. The Labute approximate surface area is 176 Å². The van der Waals surface area contributed by atoms with Gasteiger partial charge in [-0.25, -0.2) is 0 Å². The van der Waals surface area contributed by atoms with Crippen LogP contribution in [0.2, 0.25) is 0 Å². The predicted molar refractivity (Wildman–Crippen MR) is 108 cm³/mol. The molecular formula is C23H29ClO5. The van der Waals surface area contributed by atoms with Crippen molar-refractivity contribution >= 4 is 29.1 Å². The highest BCUT2D eigenvalue weighted by Crippen LogP contribution is 2.68. The molecule has 0 aromatic rings. The SMILES string of the molecule is CC(=O)O[C@]1(C(C)=O)CC[C@H]2[C@@H]3C=C(Cl)C4=CC(=O)CC[C@]4(C)[C@H]3C(O)C[C@@]21C. The molecule has 4 aliphatic carbocycles. The summed E-state index contributed by atoms with van der Waals surface area (Å²) in [6.45, 7) is 6.89. The molecule has 4 rings (SSSR count). The maximum absolute atomic E-state index is 12.8. The molecule has 0 heterocycles. The standard InChI is InChI=1S/C23H29ClO5/c1-12(25)23(29-13(2)26)8-6-16-15-10-18(24)17-9-14(27)5-7-21(17,3)20(15)19(28)11-22(16,23)4/h9-10,15-16,19-20,28H,5-8,11H2,1-4H3/t15-,16-,19?,20+,21-,22-,23-/m0/s1. The maximum atomic E-state index is 12.8. The van der Waals surface area contributed by atoms with Gasteiger partial charge in [0, 0.05) is 35.1 Å². The second kappa shape index (κ2) is 6.52. The number of aliphatic hydroxyl groups excluding tert-OH is 1. The van der Waals surface area contributed by atoms with Crippen LogP contribution in [0.5, 0.6) is 0 Å². The first kappa shape index (κ1) is 20.8. The molecule has 0 amide bonds. The van der Waals surface area contributed by atoms with Gasteiger partial charge in [0.15, 0.2) is 17.2 Å². The Hall–Kier alpha value is -1.46. The van der Waals surface area contributed by atoms with Crippen LogP contribution in [0.15, 0.2) is 22.8 Å². The number of carbonyl (C=O) groups excluding carboxylic acids is 3. The molecule has 2 fully saturated rings. The molecule has 0 spiro atoms. The van der Waals surface area contributed by atoms with Crippen LogP contribution < -0.4 is 0 Å². The molecule has 0 saturated heterocycles. The topological polar surface area (TPSA) is 80.7 Å². The number of carbonyl (C=O) groups is 3. The monoisotopic (exact) mass is 420 g/mol. The third kappa shape index (κ3) is 2.66. The Morgan fingerprint density at radius 3 is 2.55 bits per heavy atom. The average molecular weight is 421 g/mol. The van der Waals surface area contributed by atoms with E-state index in [4.69, 9.17) is 16.3 Å². The van der Waals surface area contributed by atoms with Crippen molar-refractivity contribution in [3.63, 3.8) is 0 Å². The third-order valence-electron chi connectivity index (χ3n) is 8.51. The number of aliphatic hydroxyl groups is 1. The van der Waals surface area contributed by atoms with E-state index in [-0.39, 0.29) is 34.7 Å². The lowest BCUT2D eigenvalue weighted by molar-refractivity contribution is -0.193. The van der Waals surface area contributed by atoms with Crippen molar-refractivity contribution in [2.45, 2.75) is 71.5 Å². The average Bonchev–Trinajstić information content (AvgIpc) is 2.89. The summed E-state index contributed by atoms with van der Waals surface area (Å²) in [5.41, 5.74) is -1.43. The summed E-state index contributed by atoms with van der Waals surface area (Å²) >= 11 is 6.67. The molecule has 7 atom stereocenters. The van der Waals surface area contributed by atoms with Gasteiger partial charge in [0.1, 0.15) is 0 Å². The second-order valence-corrected chi connectivity index (χ2v) is 10.3. The predicted octanol–water partition coefficient (Wildman–Crippen LogP) is 3.72. The highest BCUT2D eigenvalue weighted by molar-refractivity contribution is 6.32. The molecule has 6 heteroatoms. The van der Waals surface area contributed by atoms with Crippen LogP contribution in [0.4, 0.5) is 0 Å². The van der Waals surface area contributed by atoms with Gasteiger partial charge in [-0.1, -0.05) is 31.5 Å². The molecule has 0 aliphatic heterocycles. The Morgan fingerprint density at radius 2 is 1.93 bits per heavy atom. The van der Waals surface area contributed by atoms with Gasteiger partial charge in [-0.05, 0) is 56.1 Å². The van der Waals surface area contributed by atoms with Gasteiger partial charge in [-0.15, -0.1) is 0 Å². The quantitative estimate of drug-likeness (QED) is 0.688. The summed E-state index contributed by atoms with van der Waals surface area (Å²) in [5, 5.41) is 12.0. The fourth-order valence-corrected chi connectivity index (χ4v) is 7.67. The van der Waals surface area contributed by atoms with E-state index in [1.165, 1.54) is 13.8 Å². The summed E-state index contributed by atoms with van der Waals surface area (Å²) in [5.74, 6) is -0.623. The molecule has 0 aromatic carbocycles. The molecule has 1 N–H and O–H groups in total. The van der Waals surface area contributed by atoms with Crippen LogP contribution in [0, 0.1) is 28.6 Å². The van der Waals surface area contributed by atoms with Crippen molar-refractivity contribution in [3.05, 3.63) is 22.8 Å². The van der Waals surface area contributed by atoms with Gasteiger partial charge in [-0.3, -0.25) is 14.4 Å². The third-order valence-corrected chi connectivity index (χ3v) is 8.83. The van der Waals surface area contributed by atoms with Gasteiger partial charge < -0.3 is 9.84 Å². The Balaban J connectivity index is 1.84. The number of hydrogen-bond acceptors (Lipinski definition) is 5. The van der Waals surface area contributed by atoms with E-state index in [0.29, 0.717) is 30.7 Å². The van der Waals surface area contributed by atoms with E-state index in [0.717, 1.165) is 12.0 Å². The number of fused-ring (bicyclic) bond motifs is 5. The van der Waals surface area contributed by atoms with Crippen molar-refractivity contribution in [2.75, 3.05) is 0 Å². The lowest BCUT2D eigenvalue weighted by Crippen LogP contribution is -2.62. The zero-order chi connectivity index (χ0) is 21.4. The second-order valence-electron chi connectivity index (χ2n) is 9.87. The first-order chi connectivity index (χ1) is 13.5.